The Labute approximate surface area is 127 Å². The van der Waals surface area contributed by atoms with Crippen LogP contribution in [0, 0.1) is 18.3 Å². The summed E-state index contributed by atoms with van der Waals surface area (Å²) in [5.74, 6) is 0.458. The van der Waals surface area contributed by atoms with Gasteiger partial charge in [0.05, 0.1) is 4.90 Å². The molecule has 0 saturated heterocycles. The molecule has 21 heavy (non-hydrogen) atoms. The first-order valence-corrected chi connectivity index (χ1v) is 8.97. The number of sulfonamides is 1. The van der Waals surface area contributed by atoms with Crippen molar-refractivity contribution < 1.29 is 8.42 Å². The number of hydrogen-bond acceptors (Lipinski definition) is 2. The second-order valence-corrected chi connectivity index (χ2v) is 8.69. The minimum Gasteiger partial charge on any atom is -0.207 e. The van der Waals surface area contributed by atoms with E-state index in [1.807, 2.05) is 19.1 Å². The van der Waals surface area contributed by atoms with Gasteiger partial charge in [-0.2, -0.15) is 0 Å². The standard InChI is InChI=1S/C17H23NO2S/c1-12-7-5-6-8-15(12)21(19,20)18-17-10-9-14(11-17)13(2)16(17,3)4/h5-8,14,18H,2,9-11H2,1,3-4H3. The van der Waals surface area contributed by atoms with E-state index in [1.165, 1.54) is 5.57 Å². The van der Waals surface area contributed by atoms with E-state index in [2.05, 4.69) is 25.1 Å². The molecule has 1 N–H and O–H groups in total. The lowest BCUT2D eigenvalue weighted by Gasteiger charge is -2.43. The molecule has 114 valence electrons. The van der Waals surface area contributed by atoms with Crippen LogP contribution in [0.3, 0.4) is 0 Å². The van der Waals surface area contributed by atoms with Crippen molar-refractivity contribution in [1.82, 2.24) is 4.72 Å². The summed E-state index contributed by atoms with van der Waals surface area (Å²) in [6.45, 7) is 10.3. The molecule has 1 aromatic carbocycles. The van der Waals surface area contributed by atoms with Crippen molar-refractivity contribution in [3.8, 4) is 0 Å². The molecule has 0 aliphatic heterocycles. The van der Waals surface area contributed by atoms with Gasteiger partial charge in [-0.3, -0.25) is 0 Å². The predicted octanol–water partition coefficient (Wildman–Crippen LogP) is 3.41. The molecule has 0 aromatic heterocycles. The van der Waals surface area contributed by atoms with E-state index in [0.29, 0.717) is 10.8 Å². The van der Waals surface area contributed by atoms with Crippen molar-refractivity contribution in [1.29, 1.82) is 0 Å². The summed E-state index contributed by atoms with van der Waals surface area (Å²) in [5.41, 5.74) is 1.41. The third kappa shape index (κ3) is 2.00. The van der Waals surface area contributed by atoms with E-state index >= 15 is 0 Å². The topological polar surface area (TPSA) is 46.2 Å². The lowest BCUT2D eigenvalue weighted by Crippen LogP contribution is -2.54. The Morgan fingerprint density at radius 2 is 1.95 bits per heavy atom. The zero-order chi connectivity index (χ0) is 15.5. The number of rotatable bonds is 3. The van der Waals surface area contributed by atoms with Crippen LogP contribution in [0.5, 0.6) is 0 Å². The summed E-state index contributed by atoms with van der Waals surface area (Å²) in [4.78, 5) is 0.385. The molecule has 4 heteroatoms. The zero-order valence-electron chi connectivity index (χ0n) is 12.9. The molecule has 0 heterocycles. The molecule has 2 saturated carbocycles. The van der Waals surface area contributed by atoms with Crippen LogP contribution in [0.4, 0.5) is 0 Å². The maximum Gasteiger partial charge on any atom is 0.241 e. The first-order valence-electron chi connectivity index (χ1n) is 7.48. The molecule has 0 radical (unpaired) electrons. The molecule has 0 spiro atoms. The molecule has 0 amide bonds. The summed E-state index contributed by atoms with van der Waals surface area (Å²) in [5, 5.41) is 0. The van der Waals surface area contributed by atoms with Crippen LogP contribution in [0.15, 0.2) is 41.3 Å². The third-order valence-electron chi connectivity index (χ3n) is 5.72. The normalized spacial score (nSPS) is 30.8. The molecule has 3 rings (SSSR count). The van der Waals surface area contributed by atoms with Crippen LogP contribution >= 0.6 is 0 Å². The highest BCUT2D eigenvalue weighted by atomic mass is 32.2. The molecule has 2 fully saturated rings. The van der Waals surface area contributed by atoms with Gasteiger partial charge >= 0.3 is 0 Å². The van der Waals surface area contributed by atoms with E-state index < -0.39 is 10.0 Å². The molecular formula is C17H23NO2S. The molecule has 2 bridgehead atoms. The van der Waals surface area contributed by atoms with Gasteiger partial charge in [-0.05, 0) is 43.7 Å². The van der Waals surface area contributed by atoms with Crippen molar-refractivity contribution in [3.05, 3.63) is 42.0 Å². The highest BCUT2D eigenvalue weighted by Crippen LogP contribution is 2.61. The van der Waals surface area contributed by atoms with Gasteiger partial charge in [-0.1, -0.05) is 44.2 Å². The number of nitrogens with one attached hydrogen (secondary N) is 1. The smallest absolute Gasteiger partial charge is 0.207 e. The average molecular weight is 305 g/mol. The fourth-order valence-corrected chi connectivity index (χ4v) is 5.93. The zero-order valence-corrected chi connectivity index (χ0v) is 13.8. The van der Waals surface area contributed by atoms with Crippen LogP contribution in [0.2, 0.25) is 0 Å². The number of fused-ring (bicyclic) bond motifs is 2. The number of benzene rings is 1. The summed E-state index contributed by atoms with van der Waals surface area (Å²) >= 11 is 0. The van der Waals surface area contributed by atoms with Gasteiger partial charge in [-0.15, -0.1) is 0 Å². The first kappa shape index (κ1) is 14.8. The molecule has 1 aromatic rings. The van der Waals surface area contributed by atoms with Crippen LogP contribution in [0.25, 0.3) is 0 Å². The molecule has 2 aliphatic carbocycles. The van der Waals surface area contributed by atoms with Gasteiger partial charge in [-0.25, -0.2) is 13.1 Å². The lowest BCUT2D eigenvalue weighted by molar-refractivity contribution is 0.210. The predicted molar refractivity (Wildman–Crippen MR) is 84.5 cm³/mol. The molecule has 3 nitrogen and oxygen atoms in total. The molecule has 2 unspecified atom stereocenters. The second kappa shape index (κ2) is 4.43. The van der Waals surface area contributed by atoms with E-state index in [-0.39, 0.29) is 11.0 Å². The summed E-state index contributed by atoms with van der Waals surface area (Å²) in [6.07, 6.45) is 2.82. The van der Waals surface area contributed by atoms with Crippen LogP contribution in [-0.2, 0) is 10.0 Å². The fraction of sp³-hybridized carbons (Fsp3) is 0.529. The first-order chi connectivity index (χ1) is 9.70. The Kier molecular flexibility index (Phi) is 3.12. The van der Waals surface area contributed by atoms with Crippen molar-refractivity contribution in [2.45, 2.75) is 50.5 Å². The maximum absolute atomic E-state index is 12.8. The molecular weight excluding hydrogens is 282 g/mol. The minimum atomic E-state index is -3.50. The number of hydrogen-bond donors (Lipinski definition) is 1. The third-order valence-corrected chi connectivity index (χ3v) is 7.42. The van der Waals surface area contributed by atoms with E-state index in [4.69, 9.17) is 0 Å². The second-order valence-electron chi connectivity index (χ2n) is 7.04. The van der Waals surface area contributed by atoms with Crippen LogP contribution in [0.1, 0.15) is 38.7 Å². The van der Waals surface area contributed by atoms with Crippen molar-refractivity contribution in [2.24, 2.45) is 11.3 Å². The van der Waals surface area contributed by atoms with E-state index in [0.717, 1.165) is 24.8 Å². The van der Waals surface area contributed by atoms with Gasteiger partial charge in [0.1, 0.15) is 0 Å². The Bertz CT molecular complexity index is 705. The van der Waals surface area contributed by atoms with Crippen molar-refractivity contribution in [2.75, 3.05) is 0 Å². The summed E-state index contributed by atoms with van der Waals surface area (Å²) < 4.78 is 28.7. The van der Waals surface area contributed by atoms with Crippen molar-refractivity contribution >= 4 is 10.0 Å². The van der Waals surface area contributed by atoms with Crippen molar-refractivity contribution in [3.63, 3.8) is 0 Å². The maximum atomic E-state index is 12.8. The Balaban J connectivity index is 2.00. The minimum absolute atomic E-state index is 0.189. The van der Waals surface area contributed by atoms with E-state index in [9.17, 15) is 8.42 Å². The van der Waals surface area contributed by atoms with Gasteiger partial charge < -0.3 is 0 Å². The monoisotopic (exact) mass is 305 g/mol. The molecule has 2 aliphatic rings. The fourth-order valence-electron chi connectivity index (χ4n) is 4.12. The highest BCUT2D eigenvalue weighted by molar-refractivity contribution is 7.89. The van der Waals surface area contributed by atoms with Crippen LogP contribution in [-0.4, -0.2) is 14.0 Å². The number of aryl methyl sites for hydroxylation is 1. The van der Waals surface area contributed by atoms with Gasteiger partial charge in [0.15, 0.2) is 0 Å². The Morgan fingerprint density at radius 1 is 1.29 bits per heavy atom. The van der Waals surface area contributed by atoms with Gasteiger partial charge in [0, 0.05) is 11.0 Å². The van der Waals surface area contributed by atoms with E-state index in [1.54, 1.807) is 12.1 Å². The Morgan fingerprint density at radius 3 is 2.52 bits per heavy atom. The SMILES string of the molecule is C=C1C2CCC(NS(=O)(=O)c3ccccc3C)(C2)C1(C)C. The van der Waals surface area contributed by atoms with Crippen LogP contribution < -0.4 is 4.72 Å². The van der Waals surface area contributed by atoms with Gasteiger partial charge in [0.2, 0.25) is 10.0 Å². The average Bonchev–Trinajstić information content (AvgIpc) is 2.88. The highest BCUT2D eigenvalue weighted by Gasteiger charge is 2.60. The summed E-state index contributed by atoms with van der Waals surface area (Å²) in [7, 11) is -3.50. The lowest BCUT2D eigenvalue weighted by atomic mass is 9.69. The molecule has 2 atom stereocenters. The quantitative estimate of drug-likeness (QED) is 0.870. The Hall–Kier alpha value is -1.13. The largest absolute Gasteiger partial charge is 0.241 e. The summed E-state index contributed by atoms with van der Waals surface area (Å²) in [6, 6.07) is 7.15. The van der Waals surface area contributed by atoms with Gasteiger partial charge in [0.25, 0.3) is 0 Å².